The van der Waals surface area contributed by atoms with Gasteiger partial charge in [0.2, 0.25) is 10.0 Å². The molecule has 0 unspecified atom stereocenters. The van der Waals surface area contributed by atoms with Gasteiger partial charge >= 0.3 is 5.97 Å². The Kier molecular flexibility index (Phi) is 6.48. The molecule has 1 N–H and O–H groups in total. The highest BCUT2D eigenvalue weighted by atomic mass is 32.2. The molecule has 0 atom stereocenters. The van der Waals surface area contributed by atoms with E-state index in [1.165, 1.54) is 10.4 Å². The molecule has 2 aromatic carbocycles. The Bertz CT molecular complexity index is 1180. The maximum Gasteiger partial charge on any atom is 0.309 e. The summed E-state index contributed by atoms with van der Waals surface area (Å²) >= 11 is 0. The SMILES string of the molecule is Cc1ccc(S(=O)(=O)N2CCC(C(=O)OCC(=O)c3ccc4c(c3)NC(=O)CO4)CC2)cc1. The fraction of sp³-hybridized carbons (Fsp3) is 0.348. The summed E-state index contributed by atoms with van der Waals surface area (Å²) in [6.07, 6.45) is 0.640. The van der Waals surface area contributed by atoms with E-state index in [0.29, 0.717) is 24.3 Å². The lowest BCUT2D eigenvalue weighted by Crippen LogP contribution is -2.40. The summed E-state index contributed by atoms with van der Waals surface area (Å²) in [5.74, 6) is -1.25. The Labute approximate surface area is 191 Å². The number of ketones is 1. The summed E-state index contributed by atoms with van der Waals surface area (Å²) in [4.78, 5) is 36.6. The highest BCUT2D eigenvalue weighted by molar-refractivity contribution is 7.89. The third kappa shape index (κ3) is 5.07. The number of anilines is 1. The average molecular weight is 473 g/mol. The Balaban J connectivity index is 1.30. The fourth-order valence-corrected chi connectivity index (χ4v) is 5.26. The molecule has 174 valence electrons. The monoisotopic (exact) mass is 472 g/mol. The molecule has 2 heterocycles. The van der Waals surface area contributed by atoms with Crippen molar-refractivity contribution in [1.29, 1.82) is 0 Å². The molecule has 1 fully saturated rings. The number of sulfonamides is 1. The van der Waals surface area contributed by atoms with Gasteiger partial charge in [-0.2, -0.15) is 4.31 Å². The first-order chi connectivity index (χ1) is 15.7. The zero-order chi connectivity index (χ0) is 23.6. The number of hydrogen-bond donors (Lipinski definition) is 1. The van der Waals surface area contributed by atoms with E-state index in [4.69, 9.17) is 9.47 Å². The van der Waals surface area contributed by atoms with Crippen LogP contribution in [0.1, 0.15) is 28.8 Å². The molecule has 2 aliphatic rings. The van der Waals surface area contributed by atoms with Gasteiger partial charge in [0.25, 0.3) is 5.91 Å². The average Bonchev–Trinajstić information content (AvgIpc) is 2.82. The molecular formula is C23H24N2O7S. The number of piperidine rings is 1. The van der Waals surface area contributed by atoms with E-state index in [-0.39, 0.29) is 36.1 Å². The number of ether oxygens (including phenoxy) is 2. The number of fused-ring (bicyclic) bond motifs is 1. The minimum Gasteiger partial charge on any atom is -0.482 e. The first kappa shape index (κ1) is 22.9. The van der Waals surface area contributed by atoms with Crippen molar-refractivity contribution in [1.82, 2.24) is 4.31 Å². The van der Waals surface area contributed by atoms with Crippen LogP contribution in [0.4, 0.5) is 5.69 Å². The highest BCUT2D eigenvalue weighted by Crippen LogP contribution is 2.29. The number of rotatable bonds is 6. The number of Topliss-reactive ketones (excluding diaryl/α,β-unsaturated/α-hetero) is 1. The number of hydrogen-bond acceptors (Lipinski definition) is 7. The van der Waals surface area contributed by atoms with Crippen LogP contribution in [0, 0.1) is 12.8 Å². The fourth-order valence-electron chi connectivity index (χ4n) is 3.79. The molecule has 9 nitrogen and oxygen atoms in total. The Morgan fingerprint density at radius 2 is 1.82 bits per heavy atom. The molecule has 1 amide bonds. The van der Waals surface area contributed by atoms with Gasteiger partial charge in [-0.3, -0.25) is 14.4 Å². The van der Waals surface area contributed by atoms with E-state index >= 15 is 0 Å². The molecule has 0 saturated carbocycles. The summed E-state index contributed by atoms with van der Waals surface area (Å²) < 4.78 is 37.4. The van der Waals surface area contributed by atoms with Gasteiger partial charge in [-0.1, -0.05) is 17.7 Å². The number of esters is 1. The molecule has 0 radical (unpaired) electrons. The van der Waals surface area contributed by atoms with Gasteiger partial charge < -0.3 is 14.8 Å². The zero-order valence-electron chi connectivity index (χ0n) is 18.1. The minimum atomic E-state index is -3.61. The first-order valence-corrected chi connectivity index (χ1v) is 12.0. The summed E-state index contributed by atoms with van der Waals surface area (Å²) in [6.45, 7) is 1.77. The molecule has 1 saturated heterocycles. The maximum atomic E-state index is 12.8. The van der Waals surface area contributed by atoms with Crippen molar-refractivity contribution in [3.05, 3.63) is 53.6 Å². The predicted octanol–water partition coefficient (Wildman–Crippen LogP) is 2.15. The van der Waals surface area contributed by atoms with Crippen LogP contribution >= 0.6 is 0 Å². The molecule has 0 spiro atoms. The summed E-state index contributed by atoms with van der Waals surface area (Å²) in [6, 6.07) is 11.3. The molecule has 10 heteroatoms. The van der Waals surface area contributed by atoms with Crippen LogP contribution < -0.4 is 10.1 Å². The Morgan fingerprint density at radius 3 is 2.52 bits per heavy atom. The smallest absolute Gasteiger partial charge is 0.309 e. The largest absolute Gasteiger partial charge is 0.482 e. The number of carbonyl (C=O) groups is 3. The van der Waals surface area contributed by atoms with E-state index in [9.17, 15) is 22.8 Å². The van der Waals surface area contributed by atoms with Crippen LogP contribution in [0.2, 0.25) is 0 Å². The third-order valence-electron chi connectivity index (χ3n) is 5.73. The summed E-state index contributed by atoms with van der Waals surface area (Å²) in [5.41, 5.74) is 1.65. The van der Waals surface area contributed by atoms with E-state index in [0.717, 1.165) is 5.56 Å². The van der Waals surface area contributed by atoms with Crippen molar-refractivity contribution in [2.75, 3.05) is 31.6 Å². The second-order valence-corrected chi connectivity index (χ2v) is 10.0. The van der Waals surface area contributed by atoms with Gasteiger partial charge in [0.05, 0.1) is 16.5 Å². The van der Waals surface area contributed by atoms with E-state index in [1.807, 2.05) is 6.92 Å². The summed E-state index contributed by atoms with van der Waals surface area (Å²) in [7, 11) is -3.61. The lowest BCUT2D eigenvalue weighted by Gasteiger charge is -2.30. The number of benzene rings is 2. The number of amides is 1. The first-order valence-electron chi connectivity index (χ1n) is 10.6. The molecule has 0 bridgehead atoms. The van der Waals surface area contributed by atoms with Gasteiger partial charge in [0, 0.05) is 18.7 Å². The van der Waals surface area contributed by atoms with Crippen LogP contribution in [-0.4, -0.2) is 56.7 Å². The third-order valence-corrected chi connectivity index (χ3v) is 7.64. The minimum absolute atomic E-state index is 0.0803. The molecular weight excluding hydrogens is 448 g/mol. The van der Waals surface area contributed by atoms with Crippen LogP contribution in [-0.2, 0) is 24.3 Å². The van der Waals surface area contributed by atoms with Crippen LogP contribution in [0.25, 0.3) is 0 Å². The van der Waals surface area contributed by atoms with Crippen LogP contribution in [0.15, 0.2) is 47.4 Å². The lowest BCUT2D eigenvalue weighted by atomic mass is 9.98. The number of aryl methyl sites for hydroxylation is 1. The molecule has 2 aromatic rings. The Hall–Kier alpha value is -3.24. The van der Waals surface area contributed by atoms with Crippen molar-refractivity contribution in [2.45, 2.75) is 24.7 Å². The standard InChI is InChI=1S/C23H24N2O7S/c1-15-2-5-18(6-3-15)33(29,30)25-10-8-16(9-11-25)23(28)32-13-20(26)17-4-7-21-19(12-17)24-22(27)14-31-21/h2-7,12,16H,8-11,13-14H2,1H3,(H,24,27). The molecule has 2 aliphatic heterocycles. The number of nitrogens with zero attached hydrogens (tertiary/aromatic N) is 1. The van der Waals surface area contributed by atoms with Gasteiger partial charge in [-0.25, -0.2) is 8.42 Å². The topological polar surface area (TPSA) is 119 Å². The molecule has 0 aromatic heterocycles. The maximum absolute atomic E-state index is 12.8. The Morgan fingerprint density at radius 1 is 1.12 bits per heavy atom. The quantitative estimate of drug-likeness (QED) is 0.505. The normalized spacial score (nSPS) is 16.9. The van der Waals surface area contributed by atoms with E-state index in [1.54, 1.807) is 36.4 Å². The second kappa shape index (κ2) is 9.32. The predicted molar refractivity (Wildman–Crippen MR) is 119 cm³/mol. The molecule has 4 rings (SSSR count). The van der Waals surface area contributed by atoms with Gasteiger partial charge in [0.1, 0.15) is 5.75 Å². The highest BCUT2D eigenvalue weighted by Gasteiger charge is 2.33. The van der Waals surface area contributed by atoms with Crippen LogP contribution in [0.3, 0.4) is 0 Å². The molecule has 33 heavy (non-hydrogen) atoms. The van der Waals surface area contributed by atoms with Crippen molar-refractivity contribution in [3.8, 4) is 5.75 Å². The van der Waals surface area contributed by atoms with Crippen molar-refractivity contribution in [2.24, 2.45) is 5.92 Å². The van der Waals surface area contributed by atoms with E-state index < -0.39 is 34.3 Å². The number of nitrogens with one attached hydrogen (secondary N) is 1. The van der Waals surface area contributed by atoms with E-state index in [2.05, 4.69) is 5.32 Å². The van der Waals surface area contributed by atoms with Gasteiger partial charge in [-0.15, -0.1) is 0 Å². The van der Waals surface area contributed by atoms with Crippen molar-refractivity contribution in [3.63, 3.8) is 0 Å². The van der Waals surface area contributed by atoms with Crippen molar-refractivity contribution < 1.29 is 32.3 Å². The number of carbonyl (C=O) groups excluding carboxylic acids is 3. The molecule has 0 aliphatic carbocycles. The zero-order valence-corrected chi connectivity index (χ0v) is 18.9. The van der Waals surface area contributed by atoms with Gasteiger partial charge in [-0.05, 0) is 50.1 Å². The lowest BCUT2D eigenvalue weighted by molar-refractivity contribution is -0.148. The summed E-state index contributed by atoms with van der Waals surface area (Å²) in [5, 5.41) is 2.62. The van der Waals surface area contributed by atoms with Gasteiger partial charge in [0.15, 0.2) is 19.0 Å². The van der Waals surface area contributed by atoms with Crippen molar-refractivity contribution >= 4 is 33.4 Å². The second-order valence-electron chi connectivity index (χ2n) is 8.07. The van der Waals surface area contributed by atoms with Crippen LogP contribution in [0.5, 0.6) is 5.75 Å².